The third-order valence-electron chi connectivity index (χ3n) is 2.82. The van der Waals surface area contributed by atoms with Gasteiger partial charge in [-0.3, -0.25) is 4.79 Å². The first-order valence-corrected chi connectivity index (χ1v) is 7.40. The number of rotatable bonds is 5. The van der Waals surface area contributed by atoms with E-state index >= 15 is 0 Å². The van der Waals surface area contributed by atoms with Crippen molar-refractivity contribution in [3.8, 4) is 5.75 Å². The first-order valence-electron chi connectivity index (χ1n) is 6.32. The van der Waals surface area contributed by atoms with E-state index < -0.39 is 0 Å². The van der Waals surface area contributed by atoms with E-state index in [-0.39, 0.29) is 12.5 Å². The molecule has 2 aromatic rings. The molecule has 0 spiro atoms. The molecular formula is C15H15IN2O3. The minimum absolute atomic E-state index is 0.0878. The summed E-state index contributed by atoms with van der Waals surface area (Å²) in [5.74, 6) is 0.915. The lowest BCUT2D eigenvalue weighted by molar-refractivity contribution is -0.123. The lowest BCUT2D eigenvalue weighted by Crippen LogP contribution is -2.24. The zero-order valence-corrected chi connectivity index (χ0v) is 13.9. The summed E-state index contributed by atoms with van der Waals surface area (Å²) >= 11 is 2.05. The zero-order chi connectivity index (χ0) is 15.2. The van der Waals surface area contributed by atoms with E-state index in [0.29, 0.717) is 11.5 Å². The molecule has 5 nitrogen and oxygen atoms in total. The summed E-state index contributed by atoms with van der Waals surface area (Å²) in [4.78, 5) is 11.6. The van der Waals surface area contributed by atoms with E-state index in [1.165, 1.54) is 11.8 Å². The fourth-order valence-corrected chi connectivity index (χ4v) is 1.98. The van der Waals surface area contributed by atoms with Crippen molar-refractivity contribution in [1.82, 2.24) is 5.43 Å². The van der Waals surface area contributed by atoms with Gasteiger partial charge in [-0.25, -0.2) is 5.43 Å². The molecule has 0 unspecified atom stereocenters. The molecule has 2 rings (SSSR count). The minimum Gasteiger partial charge on any atom is -0.484 e. The van der Waals surface area contributed by atoms with Gasteiger partial charge in [0.25, 0.3) is 5.91 Å². The number of carbonyl (C=O) groups is 1. The van der Waals surface area contributed by atoms with Gasteiger partial charge in [0.1, 0.15) is 11.5 Å². The van der Waals surface area contributed by atoms with Crippen LogP contribution < -0.4 is 10.2 Å². The predicted molar refractivity (Wildman–Crippen MR) is 88.6 cm³/mol. The first kappa shape index (κ1) is 15.6. The van der Waals surface area contributed by atoms with E-state index in [0.717, 1.165) is 9.33 Å². The van der Waals surface area contributed by atoms with Crippen LogP contribution >= 0.6 is 22.6 Å². The number of aryl methyl sites for hydroxylation is 2. The molecular weight excluding hydrogens is 383 g/mol. The maximum Gasteiger partial charge on any atom is 0.277 e. The smallest absolute Gasteiger partial charge is 0.277 e. The van der Waals surface area contributed by atoms with E-state index in [4.69, 9.17) is 9.15 Å². The summed E-state index contributed by atoms with van der Waals surface area (Å²) in [6, 6.07) is 9.27. The molecule has 1 N–H and O–H groups in total. The lowest BCUT2D eigenvalue weighted by atomic mass is 10.1. The number of halogens is 1. The van der Waals surface area contributed by atoms with E-state index in [2.05, 4.69) is 33.1 Å². The van der Waals surface area contributed by atoms with Crippen LogP contribution in [0.4, 0.5) is 0 Å². The summed E-state index contributed by atoms with van der Waals surface area (Å²) in [6.07, 6.45) is 1.44. The minimum atomic E-state index is -0.328. The second kappa shape index (κ2) is 7.26. The maximum absolute atomic E-state index is 11.6. The topological polar surface area (TPSA) is 63.8 Å². The van der Waals surface area contributed by atoms with Crippen molar-refractivity contribution in [3.63, 3.8) is 0 Å². The molecule has 1 heterocycles. The molecule has 1 amide bonds. The number of nitrogens with one attached hydrogen (secondary N) is 1. The molecule has 1 aromatic carbocycles. The van der Waals surface area contributed by atoms with Crippen molar-refractivity contribution < 1.29 is 13.9 Å². The Balaban J connectivity index is 1.79. The number of furan rings is 1. The normalized spacial score (nSPS) is 10.8. The van der Waals surface area contributed by atoms with Crippen molar-refractivity contribution in [1.29, 1.82) is 0 Å². The molecule has 6 heteroatoms. The van der Waals surface area contributed by atoms with Crippen LogP contribution in [0.3, 0.4) is 0 Å². The molecule has 0 aliphatic heterocycles. The second-order valence-corrected chi connectivity index (χ2v) is 5.53. The fraction of sp³-hybridized carbons (Fsp3) is 0.200. The van der Waals surface area contributed by atoms with Crippen molar-refractivity contribution in [2.24, 2.45) is 5.10 Å². The van der Waals surface area contributed by atoms with Crippen molar-refractivity contribution in [2.75, 3.05) is 6.61 Å². The highest BCUT2D eigenvalue weighted by Gasteiger charge is 2.03. The number of carbonyl (C=O) groups excluding carboxylic acids is 1. The van der Waals surface area contributed by atoms with Crippen LogP contribution in [0.15, 0.2) is 39.9 Å². The number of benzene rings is 1. The molecule has 110 valence electrons. The SMILES string of the molecule is Cc1ccc(OCC(=O)N/N=C/c2ccc(I)o2)cc1C. The Morgan fingerprint density at radius 3 is 2.81 bits per heavy atom. The Morgan fingerprint density at radius 1 is 1.33 bits per heavy atom. The highest BCUT2D eigenvalue weighted by Crippen LogP contribution is 2.16. The molecule has 0 atom stereocenters. The number of hydrazone groups is 1. The van der Waals surface area contributed by atoms with Crippen LogP contribution in [0.5, 0.6) is 5.75 Å². The number of amides is 1. The van der Waals surface area contributed by atoms with Gasteiger partial charge in [-0.05, 0) is 71.8 Å². The van der Waals surface area contributed by atoms with E-state index in [1.807, 2.05) is 38.1 Å². The third-order valence-corrected chi connectivity index (χ3v) is 3.40. The van der Waals surface area contributed by atoms with Gasteiger partial charge in [0.15, 0.2) is 10.4 Å². The number of hydrogen-bond donors (Lipinski definition) is 1. The van der Waals surface area contributed by atoms with Gasteiger partial charge < -0.3 is 9.15 Å². The fourth-order valence-electron chi connectivity index (χ4n) is 1.55. The quantitative estimate of drug-likeness (QED) is 0.479. The van der Waals surface area contributed by atoms with Crippen LogP contribution in [-0.2, 0) is 4.79 Å². The standard InChI is InChI=1S/C15H15IN2O3/c1-10-3-4-12(7-11(10)2)20-9-15(19)18-17-8-13-5-6-14(16)21-13/h3-8H,9H2,1-2H3,(H,18,19)/b17-8+. The van der Waals surface area contributed by atoms with Crippen molar-refractivity contribution in [3.05, 3.63) is 51.0 Å². The van der Waals surface area contributed by atoms with Crippen LogP contribution in [0.2, 0.25) is 0 Å². The molecule has 1 aromatic heterocycles. The Labute approximate surface area is 136 Å². The Kier molecular flexibility index (Phi) is 5.38. The molecule has 0 fully saturated rings. The third kappa shape index (κ3) is 4.89. The number of ether oxygens (including phenoxy) is 1. The predicted octanol–water partition coefficient (Wildman–Crippen LogP) is 3.03. The summed E-state index contributed by atoms with van der Waals surface area (Å²) < 4.78 is 11.4. The summed E-state index contributed by atoms with van der Waals surface area (Å²) in [5.41, 5.74) is 4.69. The van der Waals surface area contributed by atoms with Crippen LogP contribution in [0.25, 0.3) is 0 Å². The van der Waals surface area contributed by atoms with Gasteiger partial charge in [0.2, 0.25) is 0 Å². The van der Waals surface area contributed by atoms with E-state index in [9.17, 15) is 4.79 Å². The lowest BCUT2D eigenvalue weighted by Gasteiger charge is -2.07. The summed E-state index contributed by atoms with van der Waals surface area (Å²) in [7, 11) is 0. The average molecular weight is 398 g/mol. The highest BCUT2D eigenvalue weighted by molar-refractivity contribution is 14.1. The Bertz CT molecular complexity index is 665. The number of hydrogen-bond acceptors (Lipinski definition) is 4. The van der Waals surface area contributed by atoms with Gasteiger partial charge in [-0.1, -0.05) is 6.07 Å². The van der Waals surface area contributed by atoms with Gasteiger partial charge in [0, 0.05) is 0 Å². The first-order chi connectivity index (χ1) is 10.0. The zero-order valence-electron chi connectivity index (χ0n) is 11.7. The maximum atomic E-state index is 11.6. The molecule has 0 aliphatic carbocycles. The number of nitrogens with zero attached hydrogens (tertiary/aromatic N) is 1. The van der Waals surface area contributed by atoms with Crippen molar-refractivity contribution >= 4 is 34.7 Å². The summed E-state index contributed by atoms with van der Waals surface area (Å²) in [6.45, 7) is 3.93. The largest absolute Gasteiger partial charge is 0.484 e. The van der Waals surface area contributed by atoms with Gasteiger partial charge in [0.05, 0.1) is 6.21 Å². The van der Waals surface area contributed by atoms with Crippen LogP contribution in [0, 0.1) is 17.6 Å². The Hall–Kier alpha value is -1.83. The second-order valence-electron chi connectivity index (χ2n) is 4.47. The molecule has 21 heavy (non-hydrogen) atoms. The van der Waals surface area contributed by atoms with Crippen LogP contribution in [-0.4, -0.2) is 18.7 Å². The average Bonchev–Trinajstić information content (AvgIpc) is 2.86. The van der Waals surface area contributed by atoms with Crippen LogP contribution in [0.1, 0.15) is 16.9 Å². The Morgan fingerprint density at radius 2 is 2.14 bits per heavy atom. The van der Waals surface area contributed by atoms with Gasteiger partial charge in [-0.15, -0.1) is 0 Å². The highest BCUT2D eigenvalue weighted by atomic mass is 127. The molecule has 0 radical (unpaired) electrons. The summed E-state index contributed by atoms with van der Waals surface area (Å²) in [5, 5.41) is 3.80. The molecule has 0 saturated heterocycles. The molecule has 0 saturated carbocycles. The molecule has 0 bridgehead atoms. The molecule has 0 aliphatic rings. The van der Waals surface area contributed by atoms with Gasteiger partial charge >= 0.3 is 0 Å². The van der Waals surface area contributed by atoms with Crippen molar-refractivity contribution in [2.45, 2.75) is 13.8 Å². The van der Waals surface area contributed by atoms with Gasteiger partial charge in [-0.2, -0.15) is 5.10 Å². The van der Waals surface area contributed by atoms with E-state index in [1.54, 1.807) is 6.07 Å². The monoisotopic (exact) mass is 398 g/mol.